The average molecular weight is 421 g/mol. The zero-order chi connectivity index (χ0) is 21.7. The molecule has 8 heteroatoms. The second kappa shape index (κ2) is 7.31. The van der Waals surface area contributed by atoms with E-state index in [1.54, 1.807) is 11.9 Å². The lowest BCUT2D eigenvalue weighted by Gasteiger charge is -2.46. The van der Waals surface area contributed by atoms with Crippen LogP contribution in [0.4, 0.5) is 0 Å². The fourth-order valence-corrected chi connectivity index (χ4v) is 4.84. The summed E-state index contributed by atoms with van der Waals surface area (Å²) in [6.45, 7) is 0.279. The van der Waals surface area contributed by atoms with E-state index in [-0.39, 0.29) is 31.2 Å². The Morgan fingerprint density at radius 1 is 1.06 bits per heavy atom. The maximum atomic E-state index is 13.1. The van der Waals surface area contributed by atoms with Gasteiger partial charge < -0.3 is 29.4 Å². The number of para-hydroxylation sites is 1. The van der Waals surface area contributed by atoms with Crippen molar-refractivity contribution < 1.29 is 24.2 Å². The summed E-state index contributed by atoms with van der Waals surface area (Å²) < 4.78 is 11.0. The number of carbonyl (C=O) groups is 2. The van der Waals surface area contributed by atoms with Gasteiger partial charge in [0.25, 0.3) is 0 Å². The molecule has 0 radical (unpaired) electrons. The molecule has 0 unspecified atom stereocenters. The topological polar surface area (TPSA) is 95.1 Å². The molecule has 3 aromatic rings. The number of amides is 2. The van der Waals surface area contributed by atoms with Crippen molar-refractivity contribution in [1.82, 2.24) is 14.8 Å². The van der Waals surface area contributed by atoms with E-state index in [1.165, 1.54) is 4.90 Å². The highest BCUT2D eigenvalue weighted by molar-refractivity contribution is 5.97. The second-order valence-electron chi connectivity index (χ2n) is 7.79. The van der Waals surface area contributed by atoms with Crippen LogP contribution in [0, 0.1) is 0 Å². The molecule has 3 aliphatic rings. The molecule has 1 saturated heterocycles. The number of aromatic amines is 1. The molecule has 4 heterocycles. The Morgan fingerprint density at radius 2 is 1.84 bits per heavy atom. The van der Waals surface area contributed by atoms with E-state index in [0.717, 1.165) is 34.8 Å². The molecule has 8 nitrogen and oxygen atoms in total. The molecule has 0 aliphatic carbocycles. The summed E-state index contributed by atoms with van der Waals surface area (Å²) in [5.74, 6) is 1.28. The number of likely N-dealkylation sites (N-methyl/N-ethyl adjacent to an activating group) is 1. The maximum Gasteiger partial charge on any atom is 0.245 e. The van der Waals surface area contributed by atoms with Gasteiger partial charge in [-0.05, 0) is 29.3 Å². The molecule has 0 spiro atoms. The van der Waals surface area contributed by atoms with E-state index in [2.05, 4.69) is 11.1 Å². The van der Waals surface area contributed by atoms with Crippen molar-refractivity contribution in [2.45, 2.75) is 18.5 Å². The Bertz CT molecular complexity index is 1190. The van der Waals surface area contributed by atoms with Gasteiger partial charge in [0.1, 0.15) is 6.04 Å². The second-order valence-corrected chi connectivity index (χ2v) is 7.79. The smallest absolute Gasteiger partial charge is 0.245 e. The van der Waals surface area contributed by atoms with Gasteiger partial charge in [0, 0.05) is 37.2 Å². The van der Waals surface area contributed by atoms with Crippen LogP contribution in [0.2, 0.25) is 0 Å². The monoisotopic (exact) mass is 421 g/mol. The molecule has 2 N–H and O–H groups in total. The Hall–Kier alpha value is -3.52. The summed E-state index contributed by atoms with van der Waals surface area (Å²) in [6, 6.07) is 12.9. The van der Waals surface area contributed by atoms with Crippen molar-refractivity contribution >= 4 is 22.7 Å². The molecule has 1 fully saturated rings. The number of aromatic nitrogens is 1. The minimum Gasteiger partial charge on any atom is -0.454 e. The molecule has 160 valence electrons. The largest absolute Gasteiger partial charge is 0.454 e. The van der Waals surface area contributed by atoms with Crippen molar-refractivity contribution in [3.8, 4) is 11.5 Å². The summed E-state index contributed by atoms with van der Waals surface area (Å²) in [6.07, 6.45) is 0.509. The SMILES string of the molecule is CN1CC(=O)N2[C@H](c3ccc4c(c3)OCO4)c3[nH]c4ccccc4c3C[C@@H]2C1=O.CO. The molecular weight excluding hydrogens is 398 g/mol. The highest BCUT2D eigenvalue weighted by atomic mass is 16.7. The molecule has 0 saturated carbocycles. The first-order valence-electron chi connectivity index (χ1n) is 10.1. The van der Waals surface area contributed by atoms with Crippen LogP contribution in [-0.4, -0.2) is 65.2 Å². The lowest BCUT2D eigenvalue weighted by Crippen LogP contribution is -2.62. The van der Waals surface area contributed by atoms with Gasteiger partial charge in [-0.25, -0.2) is 0 Å². The highest BCUT2D eigenvalue weighted by Gasteiger charge is 2.47. The summed E-state index contributed by atoms with van der Waals surface area (Å²) >= 11 is 0. The van der Waals surface area contributed by atoms with Crippen LogP contribution in [0.25, 0.3) is 10.9 Å². The number of nitrogens with one attached hydrogen (secondary N) is 1. The van der Waals surface area contributed by atoms with E-state index < -0.39 is 6.04 Å². The van der Waals surface area contributed by atoms with E-state index in [1.807, 2.05) is 36.4 Å². The minimum atomic E-state index is -0.511. The first-order valence-corrected chi connectivity index (χ1v) is 10.1. The first kappa shape index (κ1) is 19.4. The van der Waals surface area contributed by atoms with Crippen LogP contribution in [0.5, 0.6) is 11.5 Å². The molecule has 6 rings (SSSR count). The van der Waals surface area contributed by atoms with Gasteiger partial charge in [-0.1, -0.05) is 24.3 Å². The van der Waals surface area contributed by atoms with Gasteiger partial charge in [-0.2, -0.15) is 0 Å². The van der Waals surface area contributed by atoms with E-state index in [4.69, 9.17) is 14.6 Å². The number of ether oxygens (including phenoxy) is 2. The minimum absolute atomic E-state index is 0.0220. The van der Waals surface area contributed by atoms with Gasteiger partial charge in [0.05, 0.1) is 12.6 Å². The van der Waals surface area contributed by atoms with Crippen LogP contribution >= 0.6 is 0 Å². The Balaban J connectivity index is 0.000000994. The lowest BCUT2D eigenvalue weighted by atomic mass is 9.86. The number of rotatable bonds is 1. The van der Waals surface area contributed by atoms with Gasteiger partial charge in [0.2, 0.25) is 18.6 Å². The third kappa shape index (κ3) is 2.86. The van der Waals surface area contributed by atoms with Crippen LogP contribution in [-0.2, 0) is 16.0 Å². The number of nitrogens with zero attached hydrogens (tertiary/aromatic N) is 2. The lowest BCUT2D eigenvalue weighted by molar-refractivity contribution is -0.157. The normalized spacial score (nSPS) is 21.5. The molecule has 1 aromatic heterocycles. The fourth-order valence-electron chi connectivity index (χ4n) is 4.84. The number of H-pyrrole nitrogens is 1. The zero-order valence-corrected chi connectivity index (χ0v) is 17.3. The Morgan fingerprint density at radius 3 is 2.68 bits per heavy atom. The molecule has 2 atom stereocenters. The molecule has 2 amide bonds. The number of hydrogen-bond donors (Lipinski definition) is 2. The molecule has 31 heavy (non-hydrogen) atoms. The standard InChI is InChI=1S/C22H19N3O4.CH4O/c1-24-10-19(26)25-16(22(24)27)9-14-13-4-2-3-5-15(13)23-20(14)21(25)12-6-7-17-18(8-12)29-11-28-17;1-2/h2-8,16,21,23H,9-11H2,1H3;2H,1H3/t16-,21-;/m1./s1. The Kier molecular flexibility index (Phi) is 4.59. The van der Waals surface area contributed by atoms with Gasteiger partial charge in [0.15, 0.2) is 11.5 Å². The van der Waals surface area contributed by atoms with Crippen molar-refractivity contribution in [3.63, 3.8) is 0 Å². The number of benzene rings is 2. The number of fused-ring (bicyclic) bond motifs is 5. The first-order chi connectivity index (χ1) is 15.1. The highest BCUT2D eigenvalue weighted by Crippen LogP contribution is 2.44. The van der Waals surface area contributed by atoms with Crippen LogP contribution in [0.15, 0.2) is 42.5 Å². The number of carbonyl (C=O) groups excluding carboxylic acids is 2. The van der Waals surface area contributed by atoms with E-state index >= 15 is 0 Å². The zero-order valence-electron chi connectivity index (χ0n) is 17.3. The van der Waals surface area contributed by atoms with E-state index in [9.17, 15) is 9.59 Å². The van der Waals surface area contributed by atoms with Crippen LogP contribution < -0.4 is 9.47 Å². The molecule has 0 bridgehead atoms. The molecule has 3 aliphatic heterocycles. The number of hydrogen-bond acceptors (Lipinski definition) is 5. The number of aliphatic hydroxyl groups excluding tert-OH is 1. The third-order valence-corrected chi connectivity index (χ3v) is 6.17. The average Bonchev–Trinajstić information content (AvgIpc) is 3.41. The summed E-state index contributed by atoms with van der Waals surface area (Å²) in [5, 5.41) is 8.10. The van der Waals surface area contributed by atoms with Crippen molar-refractivity contribution in [1.29, 1.82) is 0 Å². The van der Waals surface area contributed by atoms with Crippen LogP contribution in [0.3, 0.4) is 0 Å². The molecule has 2 aromatic carbocycles. The predicted molar refractivity (Wildman–Crippen MR) is 113 cm³/mol. The van der Waals surface area contributed by atoms with Crippen LogP contribution in [0.1, 0.15) is 22.9 Å². The maximum absolute atomic E-state index is 13.1. The van der Waals surface area contributed by atoms with Crippen molar-refractivity contribution in [2.24, 2.45) is 0 Å². The van der Waals surface area contributed by atoms with Crippen molar-refractivity contribution in [3.05, 3.63) is 59.3 Å². The predicted octanol–water partition coefficient (Wildman–Crippen LogP) is 1.82. The van der Waals surface area contributed by atoms with Gasteiger partial charge >= 0.3 is 0 Å². The Labute approximate surface area is 179 Å². The third-order valence-electron chi connectivity index (χ3n) is 6.17. The summed E-state index contributed by atoms with van der Waals surface area (Å²) in [5.41, 5.74) is 3.97. The van der Waals surface area contributed by atoms with E-state index in [0.29, 0.717) is 17.9 Å². The van der Waals surface area contributed by atoms with Gasteiger partial charge in [-0.15, -0.1) is 0 Å². The number of piperazine rings is 1. The quantitative estimate of drug-likeness (QED) is 0.625. The van der Waals surface area contributed by atoms with Crippen molar-refractivity contribution in [2.75, 3.05) is 27.5 Å². The molecular formula is C23H23N3O5. The van der Waals surface area contributed by atoms with Gasteiger partial charge in [-0.3, -0.25) is 9.59 Å². The number of aliphatic hydroxyl groups is 1. The fraction of sp³-hybridized carbons (Fsp3) is 0.304. The summed E-state index contributed by atoms with van der Waals surface area (Å²) in [7, 11) is 2.69. The summed E-state index contributed by atoms with van der Waals surface area (Å²) in [4.78, 5) is 32.9.